The summed E-state index contributed by atoms with van der Waals surface area (Å²) in [4.78, 5) is 6.34. The second kappa shape index (κ2) is 9.80. The Labute approximate surface area is 201 Å². The number of aromatic nitrogens is 1. The van der Waals surface area contributed by atoms with E-state index in [1.165, 1.54) is 0 Å². The minimum Gasteiger partial charge on any atom is -0.494 e. The Balaban J connectivity index is 1.78. The van der Waals surface area contributed by atoms with E-state index in [9.17, 15) is 8.42 Å². The first-order valence-electron chi connectivity index (χ1n) is 10.4. The number of hydrogen-bond acceptors (Lipinski definition) is 6. The van der Waals surface area contributed by atoms with Crippen LogP contribution < -0.4 is 9.64 Å². The molecule has 1 aromatic heterocycles. The zero-order chi connectivity index (χ0) is 23.4. The fourth-order valence-corrected chi connectivity index (χ4v) is 4.97. The predicted octanol–water partition coefficient (Wildman–Crippen LogP) is 5.97. The van der Waals surface area contributed by atoms with Crippen molar-refractivity contribution in [2.24, 2.45) is 0 Å². The van der Waals surface area contributed by atoms with E-state index in [0.29, 0.717) is 18.7 Å². The van der Waals surface area contributed by atoms with Crippen LogP contribution >= 0.6 is 15.9 Å². The average Bonchev–Trinajstić information content (AvgIpc) is 3.27. The SMILES string of the molecule is CCOc1ccc(-c2nc(S(=O)(=O)c3ccc(Br)cc3)c(N(C)Cc3ccccc3)o2)cc1. The van der Waals surface area contributed by atoms with Gasteiger partial charge in [-0.25, -0.2) is 8.42 Å². The fraction of sp³-hybridized carbons (Fsp3) is 0.160. The molecule has 0 bridgehead atoms. The Hall–Kier alpha value is -3.10. The summed E-state index contributed by atoms with van der Waals surface area (Å²) in [5.74, 6) is 1.13. The van der Waals surface area contributed by atoms with Gasteiger partial charge in [-0.15, -0.1) is 0 Å². The minimum absolute atomic E-state index is 0.118. The standard InChI is InChI=1S/C25H23BrN2O4S/c1-3-31-21-13-9-19(10-14-21)23-27-24(33(29,30)22-15-11-20(26)12-16-22)25(32-23)28(2)17-18-7-5-4-6-8-18/h4-16H,3,17H2,1-2H3. The summed E-state index contributed by atoms with van der Waals surface area (Å²) < 4.78 is 39.4. The number of anilines is 1. The lowest BCUT2D eigenvalue weighted by Gasteiger charge is -2.17. The first-order chi connectivity index (χ1) is 15.9. The van der Waals surface area contributed by atoms with Gasteiger partial charge in [0.25, 0.3) is 0 Å². The number of hydrogen-bond donors (Lipinski definition) is 0. The topological polar surface area (TPSA) is 72.6 Å². The van der Waals surface area contributed by atoms with Gasteiger partial charge < -0.3 is 14.1 Å². The molecule has 0 unspecified atom stereocenters. The lowest BCUT2D eigenvalue weighted by atomic mass is 10.2. The Morgan fingerprint density at radius 2 is 1.64 bits per heavy atom. The lowest BCUT2D eigenvalue weighted by molar-refractivity contribution is 0.340. The monoisotopic (exact) mass is 526 g/mol. The molecule has 6 nitrogen and oxygen atoms in total. The highest BCUT2D eigenvalue weighted by atomic mass is 79.9. The van der Waals surface area contributed by atoms with Gasteiger partial charge in [0, 0.05) is 23.6 Å². The van der Waals surface area contributed by atoms with Crippen molar-refractivity contribution in [3.63, 3.8) is 0 Å². The van der Waals surface area contributed by atoms with Crippen LogP contribution in [0, 0.1) is 0 Å². The molecule has 0 aliphatic rings. The van der Waals surface area contributed by atoms with E-state index >= 15 is 0 Å². The summed E-state index contributed by atoms with van der Waals surface area (Å²) in [7, 11) is -2.13. The third-order valence-corrected chi connectivity index (χ3v) is 7.18. The maximum absolute atomic E-state index is 13.5. The maximum atomic E-state index is 13.5. The van der Waals surface area contributed by atoms with Crippen molar-refractivity contribution in [2.75, 3.05) is 18.6 Å². The molecule has 0 saturated carbocycles. The molecule has 0 aliphatic heterocycles. The molecule has 0 fully saturated rings. The van der Waals surface area contributed by atoms with Gasteiger partial charge in [-0.1, -0.05) is 46.3 Å². The molecule has 0 saturated heterocycles. The quantitative estimate of drug-likeness (QED) is 0.281. The summed E-state index contributed by atoms with van der Waals surface area (Å²) in [6, 6.07) is 23.4. The Bertz CT molecular complexity index is 1320. The molecule has 8 heteroatoms. The van der Waals surface area contributed by atoms with Crippen LogP contribution in [0.1, 0.15) is 12.5 Å². The van der Waals surface area contributed by atoms with E-state index < -0.39 is 9.84 Å². The number of oxazole rings is 1. The van der Waals surface area contributed by atoms with Crippen molar-refractivity contribution in [1.82, 2.24) is 4.98 Å². The molecule has 4 aromatic rings. The Kier molecular flexibility index (Phi) is 6.85. The van der Waals surface area contributed by atoms with Crippen molar-refractivity contribution in [3.05, 3.63) is 88.9 Å². The molecule has 0 aliphatic carbocycles. The zero-order valence-corrected chi connectivity index (χ0v) is 20.6. The smallest absolute Gasteiger partial charge is 0.236 e. The summed E-state index contributed by atoms with van der Waals surface area (Å²) >= 11 is 3.35. The van der Waals surface area contributed by atoms with Crippen LogP contribution in [0.3, 0.4) is 0 Å². The molecule has 0 radical (unpaired) electrons. The highest BCUT2D eigenvalue weighted by Crippen LogP contribution is 2.35. The first kappa shape index (κ1) is 23.1. The highest BCUT2D eigenvalue weighted by Gasteiger charge is 2.30. The van der Waals surface area contributed by atoms with Crippen molar-refractivity contribution < 1.29 is 17.6 Å². The summed E-state index contributed by atoms with van der Waals surface area (Å²) in [6.45, 7) is 2.93. The van der Waals surface area contributed by atoms with Crippen molar-refractivity contribution in [3.8, 4) is 17.2 Å². The largest absolute Gasteiger partial charge is 0.494 e. The van der Waals surface area contributed by atoms with Gasteiger partial charge in [-0.05, 0) is 61.0 Å². The predicted molar refractivity (Wildman–Crippen MR) is 131 cm³/mol. The average molecular weight is 527 g/mol. The van der Waals surface area contributed by atoms with Gasteiger partial charge in [0.2, 0.25) is 26.6 Å². The molecule has 1 heterocycles. The molecule has 0 spiro atoms. The molecule has 3 aromatic carbocycles. The zero-order valence-electron chi connectivity index (χ0n) is 18.2. The van der Waals surface area contributed by atoms with Crippen LogP contribution in [-0.4, -0.2) is 27.1 Å². The highest BCUT2D eigenvalue weighted by molar-refractivity contribution is 9.10. The van der Waals surface area contributed by atoms with E-state index in [0.717, 1.165) is 15.8 Å². The molecule has 0 N–H and O–H groups in total. The number of ether oxygens (including phenoxy) is 1. The number of rotatable bonds is 8. The van der Waals surface area contributed by atoms with Gasteiger partial charge in [0.1, 0.15) is 5.75 Å². The summed E-state index contributed by atoms with van der Waals surface area (Å²) in [6.07, 6.45) is 0. The lowest BCUT2D eigenvalue weighted by Crippen LogP contribution is -2.18. The van der Waals surface area contributed by atoms with Gasteiger partial charge in [0.15, 0.2) is 0 Å². The van der Waals surface area contributed by atoms with E-state index in [1.807, 2.05) is 37.3 Å². The van der Waals surface area contributed by atoms with E-state index in [-0.39, 0.29) is 21.7 Å². The third kappa shape index (κ3) is 5.12. The van der Waals surface area contributed by atoms with Crippen LogP contribution in [-0.2, 0) is 16.4 Å². The maximum Gasteiger partial charge on any atom is 0.236 e. The minimum atomic E-state index is -3.92. The number of benzene rings is 3. The first-order valence-corrected chi connectivity index (χ1v) is 12.7. The van der Waals surface area contributed by atoms with E-state index in [4.69, 9.17) is 9.15 Å². The Morgan fingerprint density at radius 3 is 2.27 bits per heavy atom. The normalized spacial score (nSPS) is 11.4. The number of sulfone groups is 1. The third-order valence-electron chi connectivity index (χ3n) is 4.98. The van der Waals surface area contributed by atoms with Gasteiger partial charge >= 0.3 is 0 Å². The van der Waals surface area contributed by atoms with Crippen LogP contribution in [0.2, 0.25) is 0 Å². The van der Waals surface area contributed by atoms with E-state index in [2.05, 4.69) is 20.9 Å². The molecular weight excluding hydrogens is 504 g/mol. The van der Waals surface area contributed by atoms with E-state index in [1.54, 1.807) is 60.5 Å². The second-order valence-corrected chi connectivity index (χ2v) is 10.2. The fourth-order valence-electron chi connectivity index (χ4n) is 3.35. The number of nitrogens with zero attached hydrogens (tertiary/aromatic N) is 2. The molecule has 170 valence electrons. The molecule has 0 atom stereocenters. The van der Waals surface area contributed by atoms with Crippen molar-refractivity contribution in [1.29, 1.82) is 0 Å². The molecule has 33 heavy (non-hydrogen) atoms. The van der Waals surface area contributed by atoms with Crippen LogP contribution in [0.15, 0.2) is 97.7 Å². The molecule has 4 rings (SSSR count). The van der Waals surface area contributed by atoms with Crippen molar-refractivity contribution >= 4 is 31.7 Å². The van der Waals surface area contributed by atoms with Gasteiger partial charge in [-0.3, -0.25) is 0 Å². The second-order valence-electron chi connectivity index (χ2n) is 7.39. The van der Waals surface area contributed by atoms with Crippen LogP contribution in [0.25, 0.3) is 11.5 Å². The van der Waals surface area contributed by atoms with Gasteiger partial charge in [-0.2, -0.15) is 4.98 Å². The van der Waals surface area contributed by atoms with Crippen LogP contribution in [0.5, 0.6) is 5.75 Å². The Morgan fingerprint density at radius 1 is 0.970 bits per heavy atom. The van der Waals surface area contributed by atoms with Crippen molar-refractivity contribution in [2.45, 2.75) is 23.4 Å². The summed E-state index contributed by atoms with van der Waals surface area (Å²) in [5, 5.41) is -0.118. The molecule has 0 amide bonds. The van der Waals surface area contributed by atoms with Crippen LogP contribution in [0.4, 0.5) is 5.88 Å². The van der Waals surface area contributed by atoms with Gasteiger partial charge in [0.05, 0.1) is 11.5 Å². The number of halogens is 1. The summed E-state index contributed by atoms with van der Waals surface area (Å²) in [5.41, 5.74) is 1.68. The molecular formula is C25H23BrN2O4S.